The van der Waals surface area contributed by atoms with Gasteiger partial charge in [0, 0.05) is 10.4 Å². The zero-order valence-corrected chi connectivity index (χ0v) is 15.6. The van der Waals surface area contributed by atoms with Crippen LogP contribution in [0.3, 0.4) is 0 Å². The third-order valence-electron chi connectivity index (χ3n) is 3.69. The summed E-state index contributed by atoms with van der Waals surface area (Å²) in [6.45, 7) is 2.00. The minimum atomic E-state index is -0.134. The first-order valence-corrected chi connectivity index (χ1v) is 9.80. The van der Waals surface area contributed by atoms with Crippen LogP contribution in [-0.2, 0) is 4.79 Å². The number of benzene rings is 2. The number of oxazole rings is 1. The molecule has 0 fully saturated rings. The molecular formula is C19H15N3O2S2. The topological polar surface area (TPSA) is 68.0 Å². The smallest absolute Gasteiger partial charge is 0.257 e. The Balaban J connectivity index is 1.40. The molecule has 0 spiro atoms. The lowest BCUT2D eigenvalue weighted by Gasteiger charge is -1.99. The molecule has 2 heterocycles. The Kier molecular flexibility index (Phi) is 4.73. The normalized spacial score (nSPS) is 11.0. The number of carbonyl (C=O) groups excluding carboxylic acids is 1. The van der Waals surface area contributed by atoms with E-state index in [0.717, 1.165) is 27.2 Å². The summed E-state index contributed by atoms with van der Waals surface area (Å²) in [6, 6.07) is 17.5. The van der Waals surface area contributed by atoms with Gasteiger partial charge in [0.1, 0.15) is 5.52 Å². The highest BCUT2D eigenvalue weighted by molar-refractivity contribution is 7.99. The maximum atomic E-state index is 12.2. The molecule has 2 aromatic heterocycles. The third kappa shape index (κ3) is 3.63. The number of para-hydroxylation sites is 2. The molecule has 0 aliphatic carbocycles. The summed E-state index contributed by atoms with van der Waals surface area (Å²) in [7, 11) is 0. The fourth-order valence-electron chi connectivity index (χ4n) is 2.51. The standard InChI is InChI=1S/C19H15N3O2S2/c1-12-17(13-7-3-2-4-8-13)22-18(26-12)21-16(23)11-25-19-20-14-9-5-6-10-15(14)24-19/h2-10H,11H2,1H3,(H,21,22,23). The van der Waals surface area contributed by atoms with Crippen molar-refractivity contribution in [2.45, 2.75) is 12.1 Å². The number of thiazole rings is 1. The lowest BCUT2D eigenvalue weighted by molar-refractivity contribution is -0.113. The van der Waals surface area contributed by atoms with Crippen LogP contribution < -0.4 is 5.32 Å². The molecule has 2 aromatic carbocycles. The number of fused-ring (bicyclic) bond motifs is 1. The molecule has 7 heteroatoms. The summed E-state index contributed by atoms with van der Waals surface area (Å²) in [5.74, 6) is 0.0807. The van der Waals surface area contributed by atoms with Crippen molar-refractivity contribution in [3.05, 3.63) is 59.5 Å². The van der Waals surface area contributed by atoms with Gasteiger partial charge >= 0.3 is 0 Å². The van der Waals surface area contributed by atoms with Crippen LogP contribution >= 0.6 is 23.1 Å². The maximum absolute atomic E-state index is 12.2. The number of thioether (sulfide) groups is 1. The minimum Gasteiger partial charge on any atom is -0.431 e. The van der Waals surface area contributed by atoms with Crippen LogP contribution in [0.5, 0.6) is 0 Å². The first kappa shape index (κ1) is 16.8. The van der Waals surface area contributed by atoms with Crippen LogP contribution in [0.4, 0.5) is 5.13 Å². The van der Waals surface area contributed by atoms with Crippen molar-refractivity contribution in [2.24, 2.45) is 0 Å². The molecule has 1 amide bonds. The molecule has 0 aliphatic rings. The van der Waals surface area contributed by atoms with Crippen molar-refractivity contribution < 1.29 is 9.21 Å². The molecule has 130 valence electrons. The average Bonchev–Trinajstić information content (AvgIpc) is 3.23. The molecule has 1 N–H and O–H groups in total. The Bertz CT molecular complexity index is 1020. The van der Waals surface area contributed by atoms with E-state index in [1.54, 1.807) is 0 Å². The number of anilines is 1. The molecule has 0 unspecified atom stereocenters. The minimum absolute atomic E-state index is 0.134. The average molecular weight is 381 g/mol. The van der Waals surface area contributed by atoms with E-state index >= 15 is 0 Å². The Morgan fingerprint density at radius 3 is 2.69 bits per heavy atom. The van der Waals surface area contributed by atoms with Gasteiger partial charge in [-0.2, -0.15) is 0 Å². The van der Waals surface area contributed by atoms with E-state index in [0.29, 0.717) is 10.4 Å². The van der Waals surface area contributed by atoms with Crippen molar-refractivity contribution in [3.8, 4) is 11.3 Å². The number of amides is 1. The lowest BCUT2D eigenvalue weighted by atomic mass is 10.1. The second-order valence-corrected chi connectivity index (χ2v) is 7.70. The lowest BCUT2D eigenvalue weighted by Crippen LogP contribution is -2.13. The summed E-state index contributed by atoms with van der Waals surface area (Å²) in [6.07, 6.45) is 0. The SMILES string of the molecule is Cc1sc(NC(=O)CSc2nc3ccccc3o2)nc1-c1ccccc1. The summed E-state index contributed by atoms with van der Waals surface area (Å²) >= 11 is 2.74. The highest BCUT2D eigenvalue weighted by atomic mass is 32.2. The van der Waals surface area contributed by atoms with Crippen LogP contribution in [0.15, 0.2) is 64.2 Å². The molecule has 4 aromatic rings. The van der Waals surface area contributed by atoms with E-state index in [1.807, 2.05) is 61.5 Å². The summed E-state index contributed by atoms with van der Waals surface area (Å²) in [5.41, 5.74) is 3.46. The third-order valence-corrected chi connectivity index (χ3v) is 5.41. The summed E-state index contributed by atoms with van der Waals surface area (Å²) in [4.78, 5) is 22.2. The van der Waals surface area contributed by atoms with Gasteiger partial charge in [-0.25, -0.2) is 9.97 Å². The first-order chi connectivity index (χ1) is 12.7. The second kappa shape index (κ2) is 7.31. The quantitative estimate of drug-likeness (QED) is 0.493. The molecule has 0 aliphatic heterocycles. The largest absolute Gasteiger partial charge is 0.431 e. The number of aromatic nitrogens is 2. The van der Waals surface area contributed by atoms with Gasteiger partial charge < -0.3 is 9.73 Å². The highest BCUT2D eigenvalue weighted by Gasteiger charge is 2.13. The second-order valence-electron chi connectivity index (χ2n) is 5.57. The fourth-order valence-corrected chi connectivity index (χ4v) is 4.00. The van der Waals surface area contributed by atoms with Gasteiger partial charge in [0.2, 0.25) is 5.91 Å². The molecule has 0 radical (unpaired) electrons. The zero-order valence-electron chi connectivity index (χ0n) is 13.9. The van der Waals surface area contributed by atoms with Gasteiger partial charge in [-0.1, -0.05) is 54.2 Å². The molecule has 4 rings (SSSR count). The van der Waals surface area contributed by atoms with E-state index in [1.165, 1.54) is 23.1 Å². The van der Waals surface area contributed by atoms with Crippen LogP contribution in [0, 0.1) is 6.92 Å². The Morgan fingerprint density at radius 2 is 1.88 bits per heavy atom. The van der Waals surface area contributed by atoms with Gasteiger partial charge in [0.15, 0.2) is 10.7 Å². The maximum Gasteiger partial charge on any atom is 0.257 e. The highest BCUT2D eigenvalue weighted by Crippen LogP contribution is 2.30. The fraction of sp³-hybridized carbons (Fsp3) is 0.105. The van der Waals surface area contributed by atoms with Crippen LogP contribution in [0.25, 0.3) is 22.4 Å². The van der Waals surface area contributed by atoms with E-state index in [2.05, 4.69) is 15.3 Å². The molecule has 0 atom stereocenters. The van der Waals surface area contributed by atoms with E-state index in [4.69, 9.17) is 4.42 Å². The summed E-state index contributed by atoms with van der Waals surface area (Å²) in [5, 5.41) is 3.94. The van der Waals surface area contributed by atoms with Gasteiger partial charge in [0.05, 0.1) is 11.4 Å². The van der Waals surface area contributed by atoms with E-state index < -0.39 is 0 Å². The molecule has 26 heavy (non-hydrogen) atoms. The van der Waals surface area contributed by atoms with Gasteiger partial charge in [-0.05, 0) is 19.1 Å². The van der Waals surface area contributed by atoms with Crippen molar-refractivity contribution >= 4 is 45.2 Å². The van der Waals surface area contributed by atoms with Gasteiger partial charge in [-0.15, -0.1) is 11.3 Å². The zero-order chi connectivity index (χ0) is 17.9. The molecular weight excluding hydrogens is 366 g/mol. The number of carbonyl (C=O) groups is 1. The van der Waals surface area contributed by atoms with Crippen molar-refractivity contribution in [3.63, 3.8) is 0 Å². The molecule has 0 saturated carbocycles. The molecule has 5 nitrogen and oxygen atoms in total. The number of rotatable bonds is 5. The Hall–Kier alpha value is -2.64. The van der Waals surface area contributed by atoms with Crippen LogP contribution in [0.2, 0.25) is 0 Å². The van der Waals surface area contributed by atoms with Gasteiger partial charge in [0.25, 0.3) is 5.22 Å². The Morgan fingerprint density at radius 1 is 1.12 bits per heavy atom. The van der Waals surface area contributed by atoms with Crippen molar-refractivity contribution in [2.75, 3.05) is 11.1 Å². The number of hydrogen-bond acceptors (Lipinski definition) is 6. The summed E-state index contributed by atoms with van der Waals surface area (Å²) < 4.78 is 5.61. The van der Waals surface area contributed by atoms with Crippen molar-refractivity contribution in [1.82, 2.24) is 9.97 Å². The van der Waals surface area contributed by atoms with Gasteiger partial charge in [-0.3, -0.25) is 4.79 Å². The number of nitrogens with zero attached hydrogens (tertiary/aromatic N) is 2. The predicted octanol–water partition coefficient (Wildman–Crippen LogP) is 4.99. The monoisotopic (exact) mass is 381 g/mol. The van der Waals surface area contributed by atoms with E-state index in [9.17, 15) is 4.79 Å². The number of aryl methyl sites for hydroxylation is 1. The van der Waals surface area contributed by atoms with E-state index in [-0.39, 0.29) is 11.7 Å². The molecule has 0 saturated heterocycles. The molecule has 0 bridgehead atoms. The number of hydrogen-bond donors (Lipinski definition) is 1. The van der Waals surface area contributed by atoms with Crippen molar-refractivity contribution in [1.29, 1.82) is 0 Å². The first-order valence-electron chi connectivity index (χ1n) is 8.00. The van der Waals surface area contributed by atoms with Crippen LogP contribution in [0.1, 0.15) is 4.88 Å². The van der Waals surface area contributed by atoms with Crippen LogP contribution in [-0.4, -0.2) is 21.6 Å². The predicted molar refractivity (Wildman–Crippen MR) is 106 cm³/mol. The number of nitrogens with one attached hydrogen (secondary N) is 1. The Labute approximate surface area is 158 Å².